The highest BCUT2D eigenvalue weighted by molar-refractivity contribution is 5.97. The summed E-state index contributed by atoms with van der Waals surface area (Å²) in [5.41, 5.74) is 3.14. The van der Waals surface area contributed by atoms with Gasteiger partial charge in [0.2, 0.25) is 0 Å². The minimum absolute atomic E-state index is 0.0103. The molecule has 3 aromatic heterocycles. The first-order valence-electron chi connectivity index (χ1n) is 10.8. The lowest BCUT2D eigenvalue weighted by Crippen LogP contribution is -2.38. The Morgan fingerprint density at radius 1 is 1.09 bits per heavy atom. The number of hydrogen-bond donors (Lipinski definition) is 0. The van der Waals surface area contributed by atoms with Crippen molar-refractivity contribution in [3.8, 4) is 5.75 Å². The number of aryl methyl sites for hydroxylation is 2. The van der Waals surface area contributed by atoms with Crippen LogP contribution in [0.2, 0.25) is 0 Å². The fourth-order valence-corrected chi connectivity index (χ4v) is 4.28. The van der Waals surface area contributed by atoms with Crippen LogP contribution in [0.15, 0.2) is 53.2 Å². The highest BCUT2D eigenvalue weighted by Gasteiger charge is 2.28. The number of rotatable bonds is 5. The molecule has 0 bridgehead atoms. The first-order chi connectivity index (χ1) is 15.6. The number of carbonyl (C=O) groups excluding carboxylic acids is 1. The van der Waals surface area contributed by atoms with E-state index in [1.165, 1.54) is 0 Å². The molecule has 0 spiro atoms. The Morgan fingerprint density at radius 2 is 1.88 bits per heavy atom. The number of hydrogen-bond acceptors (Lipinski definition) is 6. The molecule has 8 nitrogen and oxygen atoms in total. The Morgan fingerprint density at radius 3 is 2.66 bits per heavy atom. The molecule has 0 aliphatic carbocycles. The van der Waals surface area contributed by atoms with Gasteiger partial charge in [-0.1, -0.05) is 23.4 Å². The van der Waals surface area contributed by atoms with Crippen LogP contribution >= 0.6 is 0 Å². The molecule has 1 aromatic carbocycles. The number of likely N-dealkylation sites (tertiary alicyclic amines) is 1. The summed E-state index contributed by atoms with van der Waals surface area (Å²) in [5.74, 6) is 2.54. The molecular weight excluding hydrogens is 406 g/mol. The van der Waals surface area contributed by atoms with E-state index in [2.05, 4.69) is 15.4 Å². The molecule has 4 heterocycles. The second kappa shape index (κ2) is 8.45. The van der Waals surface area contributed by atoms with Crippen molar-refractivity contribution < 1.29 is 14.1 Å². The molecule has 4 aromatic rings. The van der Waals surface area contributed by atoms with Crippen LogP contribution in [-0.4, -0.2) is 43.7 Å². The maximum Gasteiger partial charge on any atom is 0.257 e. The Bertz CT molecular complexity index is 1230. The van der Waals surface area contributed by atoms with Crippen molar-refractivity contribution in [3.63, 3.8) is 0 Å². The standard InChI is InChI=1S/C24H25N5O3/c1-16-20(17(2)32-27-16)15-31-21-8-4-3-7-19(21)24(30)28-13-10-18(11-14-28)23-26-25-22-9-5-6-12-29(22)23/h3-9,12,18H,10-11,13-15H2,1-2H3. The number of pyridine rings is 1. The molecule has 0 saturated carbocycles. The van der Waals surface area contributed by atoms with Crippen molar-refractivity contribution in [1.29, 1.82) is 0 Å². The first-order valence-corrected chi connectivity index (χ1v) is 10.8. The Hall–Kier alpha value is -3.68. The third kappa shape index (κ3) is 3.72. The Labute approximate surface area is 185 Å². The number of benzene rings is 1. The second-order valence-corrected chi connectivity index (χ2v) is 8.14. The monoisotopic (exact) mass is 431 g/mol. The van der Waals surface area contributed by atoms with Gasteiger partial charge in [-0.25, -0.2) is 0 Å². The molecule has 32 heavy (non-hydrogen) atoms. The summed E-state index contributed by atoms with van der Waals surface area (Å²) < 4.78 is 13.3. The predicted octanol–water partition coefficient (Wildman–Crippen LogP) is 3.93. The largest absolute Gasteiger partial charge is 0.488 e. The predicted molar refractivity (Wildman–Crippen MR) is 118 cm³/mol. The summed E-state index contributed by atoms with van der Waals surface area (Å²) >= 11 is 0. The second-order valence-electron chi connectivity index (χ2n) is 8.14. The van der Waals surface area contributed by atoms with E-state index in [1.807, 2.05) is 71.8 Å². The van der Waals surface area contributed by atoms with Crippen molar-refractivity contribution in [2.75, 3.05) is 13.1 Å². The summed E-state index contributed by atoms with van der Waals surface area (Å²) in [5, 5.41) is 12.6. The fourth-order valence-electron chi connectivity index (χ4n) is 4.28. The normalized spacial score (nSPS) is 14.8. The van der Waals surface area contributed by atoms with Gasteiger partial charge in [0, 0.05) is 25.2 Å². The van der Waals surface area contributed by atoms with Crippen LogP contribution in [0.25, 0.3) is 5.65 Å². The van der Waals surface area contributed by atoms with Gasteiger partial charge in [-0.2, -0.15) is 0 Å². The topological polar surface area (TPSA) is 85.8 Å². The number of fused-ring (bicyclic) bond motifs is 1. The van der Waals surface area contributed by atoms with Crippen LogP contribution in [0.5, 0.6) is 5.75 Å². The third-order valence-electron chi connectivity index (χ3n) is 6.16. The van der Waals surface area contributed by atoms with Gasteiger partial charge in [0.25, 0.3) is 5.91 Å². The fraction of sp³-hybridized carbons (Fsp3) is 0.333. The van der Waals surface area contributed by atoms with Crippen molar-refractivity contribution in [1.82, 2.24) is 24.7 Å². The molecule has 0 unspecified atom stereocenters. The van der Waals surface area contributed by atoms with Gasteiger partial charge < -0.3 is 14.2 Å². The van der Waals surface area contributed by atoms with Crippen LogP contribution in [-0.2, 0) is 6.61 Å². The quantitative estimate of drug-likeness (QED) is 0.476. The molecule has 1 aliphatic heterocycles. The molecule has 1 saturated heterocycles. The van der Waals surface area contributed by atoms with Crippen LogP contribution < -0.4 is 4.74 Å². The number of ether oxygens (including phenoxy) is 1. The van der Waals surface area contributed by atoms with Gasteiger partial charge in [-0.3, -0.25) is 9.20 Å². The molecule has 164 valence electrons. The number of piperidine rings is 1. The van der Waals surface area contributed by atoms with Gasteiger partial charge >= 0.3 is 0 Å². The van der Waals surface area contributed by atoms with Gasteiger partial charge in [0.15, 0.2) is 5.65 Å². The van der Waals surface area contributed by atoms with E-state index in [0.29, 0.717) is 31.0 Å². The van der Waals surface area contributed by atoms with E-state index in [-0.39, 0.29) is 11.8 Å². The molecule has 1 aliphatic rings. The number of carbonyl (C=O) groups is 1. The molecule has 0 radical (unpaired) electrons. The molecule has 1 amide bonds. The smallest absolute Gasteiger partial charge is 0.257 e. The third-order valence-corrected chi connectivity index (χ3v) is 6.16. The Balaban J connectivity index is 1.27. The number of nitrogens with zero attached hydrogens (tertiary/aromatic N) is 5. The number of amides is 1. The van der Waals surface area contributed by atoms with Crippen molar-refractivity contribution >= 4 is 11.6 Å². The van der Waals surface area contributed by atoms with E-state index in [4.69, 9.17) is 9.26 Å². The van der Waals surface area contributed by atoms with Gasteiger partial charge in [0.1, 0.15) is 23.9 Å². The molecule has 0 N–H and O–H groups in total. The lowest BCUT2D eigenvalue weighted by atomic mass is 9.95. The van der Waals surface area contributed by atoms with Crippen LogP contribution in [0.4, 0.5) is 0 Å². The van der Waals surface area contributed by atoms with Gasteiger partial charge in [0.05, 0.1) is 16.8 Å². The summed E-state index contributed by atoms with van der Waals surface area (Å²) in [7, 11) is 0. The zero-order valence-electron chi connectivity index (χ0n) is 18.2. The zero-order chi connectivity index (χ0) is 22.1. The maximum absolute atomic E-state index is 13.3. The number of aromatic nitrogens is 4. The molecule has 1 fully saturated rings. The Kier molecular flexibility index (Phi) is 5.34. The average Bonchev–Trinajstić information content (AvgIpc) is 3.40. The van der Waals surface area contributed by atoms with Crippen LogP contribution in [0, 0.1) is 13.8 Å². The molecule has 5 rings (SSSR count). The molecule has 8 heteroatoms. The van der Waals surface area contributed by atoms with Gasteiger partial charge in [-0.15, -0.1) is 10.2 Å². The van der Waals surface area contributed by atoms with Crippen molar-refractivity contribution in [2.45, 2.75) is 39.2 Å². The van der Waals surface area contributed by atoms with Crippen molar-refractivity contribution in [2.24, 2.45) is 0 Å². The van der Waals surface area contributed by atoms with E-state index in [9.17, 15) is 4.79 Å². The van der Waals surface area contributed by atoms with Gasteiger partial charge in [-0.05, 0) is 51.0 Å². The van der Waals surface area contributed by atoms with Crippen LogP contribution in [0.1, 0.15) is 52.0 Å². The molecule has 0 atom stereocenters. The number of para-hydroxylation sites is 1. The minimum atomic E-state index is -0.0103. The van der Waals surface area contributed by atoms with E-state index < -0.39 is 0 Å². The average molecular weight is 431 g/mol. The maximum atomic E-state index is 13.3. The molecular formula is C24H25N5O3. The van der Waals surface area contributed by atoms with E-state index >= 15 is 0 Å². The summed E-state index contributed by atoms with van der Waals surface area (Å²) in [6.45, 7) is 5.40. The van der Waals surface area contributed by atoms with E-state index in [1.54, 1.807) is 0 Å². The highest BCUT2D eigenvalue weighted by Crippen LogP contribution is 2.29. The summed E-state index contributed by atoms with van der Waals surface area (Å²) in [4.78, 5) is 15.2. The highest BCUT2D eigenvalue weighted by atomic mass is 16.5. The van der Waals surface area contributed by atoms with E-state index in [0.717, 1.165) is 41.3 Å². The lowest BCUT2D eigenvalue weighted by Gasteiger charge is -2.31. The van der Waals surface area contributed by atoms with Crippen LogP contribution in [0.3, 0.4) is 0 Å². The lowest BCUT2D eigenvalue weighted by molar-refractivity contribution is 0.0706. The minimum Gasteiger partial charge on any atom is -0.488 e. The SMILES string of the molecule is Cc1noc(C)c1COc1ccccc1C(=O)N1CCC(c2nnc3ccccn23)CC1. The summed E-state index contributed by atoms with van der Waals surface area (Å²) in [6.07, 6.45) is 3.70. The first kappa shape index (κ1) is 20.2. The zero-order valence-corrected chi connectivity index (χ0v) is 18.2. The summed E-state index contributed by atoms with van der Waals surface area (Å²) in [6, 6.07) is 13.3. The van der Waals surface area contributed by atoms with Crippen molar-refractivity contribution in [3.05, 3.63) is 77.1 Å².